The highest BCUT2D eigenvalue weighted by Gasteiger charge is 2.26. The SMILES string of the molecule is CNC1CC(C)c2ccc(Br)cc21. The first kappa shape index (κ1) is 9.22. The quantitative estimate of drug-likeness (QED) is 0.794. The predicted molar refractivity (Wildman–Crippen MR) is 59.0 cm³/mol. The first-order chi connectivity index (χ1) is 6.22. The third-order valence-electron chi connectivity index (χ3n) is 2.89. The molecule has 0 spiro atoms. The van der Waals surface area contributed by atoms with Crippen molar-refractivity contribution in [1.29, 1.82) is 0 Å². The third-order valence-corrected chi connectivity index (χ3v) is 3.39. The summed E-state index contributed by atoms with van der Waals surface area (Å²) >= 11 is 3.51. The number of hydrogen-bond acceptors (Lipinski definition) is 1. The third kappa shape index (κ3) is 1.53. The zero-order chi connectivity index (χ0) is 9.42. The Morgan fingerprint density at radius 3 is 2.85 bits per heavy atom. The van der Waals surface area contributed by atoms with Crippen LogP contribution in [0.1, 0.15) is 36.4 Å². The van der Waals surface area contributed by atoms with Crippen molar-refractivity contribution in [2.45, 2.75) is 25.3 Å². The van der Waals surface area contributed by atoms with Crippen LogP contribution in [0.15, 0.2) is 22.7 Å². The van der Waals surface area contributed by atoms with Crippen molar-refractivity contribution < 1.29 is 0 Å². The Hall–Kier alpha value is -0.340. The lowest BCUT2D eigenvalue weighted by Crippen LogP contribution is -2.12. The zero-order valence-corrected chi connectivity index (χ0v) is 9.56. The number of halogens is 1. The second kappa shape index (κ2) is 3.43. The molecule has 13 heavy (non-hydrogen) atoms. The molecular weight excluding hydrogens is 226 g/mol. The Balaban J connectivity index is 2.46. The van der Waals surface area contributed by atoms with Crippen LogP contribution in [-0.2, 0) is 0 Å². The summed E-state index contributed by atoms with van der Waals surface area (Å²) in [5, 5.41) is 3.36. The molecule has 0 aromatic heterocycles. The molecule has 0 saturated heterocycles. The van der Waals surface area contributed by atoms with Gasteiger partial charge in [0.05, 0.1) is 0 Å². The van der Waals surface area contributed by atoms with Gasteiger partial charge in [-0.2, -0.15) is 0 Å². The molecule has 1 N–H and O–H groups in total. The van der Waals surface area contributed by atoms with E-state index in [4.69, 9.17) is 0 Å². The van der Waals surface area contributed by atoms with Crippen molar-refractivity contribution >= 4 is 15.9 Å². The average molecular weight is 240 g/mol. The minimum Gasteiger partial charge on any atom is -0.313 e. The van der Waals surface area contributed by atoms with Gasteiger partial charge in [0.2, 0.25) is 0 Å². The molecule has 0 saturated carbocycles. The van der Waals surface area contributed by atoms with E-state index in [1.807, 2.05) is 7.05 Å². The summed E-state index contributed by atoms with van der Waals surface area (Å²) in [7, 11) is 2.04. The lowest BCUT2D eigenvalue weighted by Gasteiger charge is -2.09. The van der Waals surface area contributed by atoms with E-state index < -0.39 is 0 Å². The fourth-order valence-corrected chi connectivity index (χ4v) is 2.56. The van der Waals surface area contributed by atoms with Gasteiger partial charge in [-0.25, -0.2) is 0 Å². The summed E-state index contributed by atoms with van der Waals surface area (Å²) in [6.45, 7) is 2.30. The molecule has 0 radical (unpaired) electrons. The highest BCUT2D eigenvalue weighted by Crippen LogP contribution is 2.40. The Morgan fingerprint density at radius 1 is 1.38 bits per heavy atom. The molecule has 70 valence electrons. The number of fused-ring (bicyclic) bond motifs is 1. The van der Waals surface area contributed by atoms with Gasteiger partial charge in [-0.3, -0.25) is 0 Å². The molecule has 0 bridgehead atoms. The maximum Gasteiger partial charge on any atom is 0.0326 e. The maximum absolute atomic E-state index is 3.51. The average Bonchev–Trinajstić information content (AvgIpc) is 2.42. The van der Waals surface area contributed by atoms with E-state index in [2.05, 4.69) is 46.4 Å². The van der Waals surface area contributed by atoms with Crippen molar-refractivity contribution in [3.63, 3.8) is 0 Å². The maximum atomic E-state index is 3.51. The molecule has 0 heterocycles. The summed E-state index contributed by atoms with van der Waals surface area (Å²) in [6.07, 6.45) is 1.22. The van der Waals surface area contributed by atoms with E-state index in [9.17, 15) is 0 Å². The molecular formula is C11H14BrN. The molecule has 2 rings (SSSR count). The Bertz CT molecular complexity index is 322. The van der Waals surface area contributed by atoms with Crippen LogP contribution in [0.25, 0.3) is 0 Å². The van der Waals surface area contributed by atoms with Crippen molar-refractivity contribution in [3.8, 4) is 0 Å². The van der Waals surface area contributed by atoms with Gasteiger partial charge in [0.1, 0.15) is 0 Å². The second-order valence-electron chi connectivity index (χ2n) is 3.75. The Kier molecular flexibility index (Phi) is 2.43. The molecule has 1 aliphatic carbocycles. The second-order valence-corrected chi connectivity index (χ2v) is 4.67. The van der Waals surface area contributed by atoms with Crippen LogP contribution in [0.4, 0.5) is 0 Å². The number of nitrogens with one attached hydrogen (secondary N) is 1. The van der Waals surface area contributed by atoms with Crippen molar-refractivity contribution in [3.05, 3.63) is 33.8 Å². The van der Waals surface area contributed by atoms with Crippen molar-refractivity contribution in [2.24, 2.45) is 0 Å². The molecule has 2 heteroatoms. The Morgan fingerprint density at radius 2 is 2.15 bits per heavy atom. The molecule has 1 aliphatic rings. The van der Waals surface area contributed by atoms with Gasteiger partial charge >= 0.3 is 0 Å². The van der Waals surface area contributed by atoms with Crippen LogP contribution in [0, 0.1) is 0 Å². The van der Waals surface area contributed by atoms with Crippen LogP contribution in [-0.4, -0.2) is 7.05 Å². The van der Waals surface area contributed by atoms with Crippen LogP contribution in [0.2, 0.25) is 0 Å². The lowest BCUT2D eigenvalue weighted by molar-refractivity contribution is 0.553. The first-order valence-corrected chi connectivity index (χ1v) is 5.48. The van der Waals surface area contributed by atoms with Gasteiger partial charge in [0.15, 0.2) is 0 Å². The van der Waals surface area contributed by atoms with Crippen LogP contribution >= 0.6 is 15.9 Å². The fraction of sp³-hybridized carbons (Fsp3) is 0.455. The van der Waals surface area contributed by atoms with E-state index in [0.717, 1.165) is 0 Å². The molecule has 0 fully saturated rings. The molecule has 2 unspecified atom stereocenters. The summed E-state index contributed by atoms with van der Waals surface area (Å²) in [4.78, 5) is 0. The minimum absolute atomic E-state index is 0.544. The highest BCUT2D eigenvalue weighted by molar-refractivity contribution is 9.10. The number of benzene rings is 1. The lowest BCUT2D eigenvalue weighted by atomic mass is 10.0. The predicted octanol–water partition coefficient (Wildman–Crippen LogP) is 3.22. The van der Waals surface area contributed by atoms with Crippen molar-refractivity contribution in [1.82, 2.24) is 5.32 Å². The smallest absolute Gasteiger partial charge is 0.0326 e. The fourth-order valence-electron chi connectivity index (χ4n) is 2.18. The highest BCUT2D eigenvalue weighted by atomic mass is 79.9. The van der Waals surface area contributed by atoms with Crippen molar-refractivity contribution in [2.75, 3.05) is 7.05 Å². The zero-order valence-electron chi connectivity index (χ0n) is 7.97. The first-order valence-electron chi connectivity index (χ1n) is 4.69. The van der Waals surface area contributed by atoms with Gasteiger partial charge in [0.25, 0.3) is 0 Å². The number of rotatable bonds is 1. The van der Waals surface area contributed by atoms with E-state index in [0.29, 0.717) is 12.0 Å². The van der Waals surface area contributed by atoms with Crippen LogP contribution in [0.3, 0.4) is 0 Å². The summed E-state index contributed by atoms with van der Waals surface area (Å²) in [5.74, 6) is 0.695. The van der Waals surface area contributed by atoms with E-state index in [1.54, 1.807) is 0 Å². The minimum atomic E-state index is 0.544. The van der Waals surface area contributed by atoms with Gasteiger partial charge in [-0.05, 0) is 42.6 Å². The summed E-state index contributed by atoms with van der Waals surface area (Å²) < 4.78 is 1.18. The normalized spacial score (nSPS) is 26.1. The molecule has 1 nitrogen and oxygen atoms in total. The molecule has 1 aromatic rings. The van der Waals surface area contributed by atoms with E-state index in [1.165, 1.54) is 22.0 Å². The van der Waals surface area contributed by atoms with Crippen LogP contribution < -0.4 is 5.32 Å². The summed E-state index contributed by atoms with van der Waals surface area (Å²) in [6, 6.07) is 7.15. The largest absolute Gasteiger partial charge is 0.313 e. The topological polar surface area (TPSA) is 12.0 Å². The van der Waals surface area contributed by atoms with Gasteiger partial charge in [-0.15, -0.1) is 0 Å². The van der Waals surface area contributed by atoms with E-state index >= 15 is 0 Å². The molecule has 0 aliphatic heterocycles. The standard InChI is InChI=1S/C11H14BrN/c1-7-5-11(13-2)10-6-8(12)3-4-9(7)10/h3-4,6-7,11,13H,5H2,1-2H3. The number of hydrogen-bond donors (Lipinski definition) is 1. The van der Waals surface area contributed by atoms with E-state index in [-0.39, 0.29) is 0 Å². The van der Waals surface area contributed by atoms with Gasteiger partial charge in [0, 0.05) is 10.5 Å². The van der Waals surface area contributed by atoms with Gasteiger partial charge < -0.3 is 5.32 Å². The van der Waals surface area contributed by atoms with Crippen LogP contribution in [0.5, 0.6) is 0 Å². The summed E-state index contributed by atoms with van der Waals surface area (Å²) in [5.41, 5.74) is 2.96. The van der Waals surface area contributed by atoms with Gasteiger partial charge in [-0.1, -0.05) is 28.9 Å². The monoisotopic (exact) mass is 239 g/mol. The molecule has 0 amide bonds. The molecule has 2 atom stereocenters. The molecule has 1 aromatic carbocycles. The Labute approximate surface area is 87.7 Å².